The van der Waals surface area contributed by atoms with Gasteiger partial charge in [0.25, 0.3) is 0 Å². The lowest BCUT2D eigenvalue weighted by Crippen LogP contribution is -2.43. The Labute approximate surface area is 135 Å². The predicted octanol–water partition coefficient (Wildman–Crippen LogP) is 2.67. The fourth-order valence-corrected chi connectivity index (χ4v) is 3.07. The highest BCUT2D eigenvalue weighted by atomic mass is 16.2. The van der Waals surface area contributed by atoms with Crippen LogP contribution in [0.25, 0.3) is 5.69 Å². The number of rotatable bonds is 3. The fraction of sp³-hybridized carbons (Fsp3) is 0.500. The Morgan fingerprint density at radius 1 is 1.30 bits per heavy atom. The van der Waals surface area contributed by atoms with Crippen molar-refractivity contribution >= 4 is 11.7 Å². The van der Waals surface area contributed by atoms with E-state index in [1.54, 1.807) is 4.68 Å². The molecule has 0 bridgehead atoms. The van der Waals surface area contributed by atoms with E-state index in [0.29, 0.717) is 5.92 Å². The van der Waals surface area contributed by atoms with Gasteiger partial charge in [0.1, 0.15) is 6.33 Å². The van der Waals surface area contributed by atoms with Crippen LogP contribution in [0.3, 0.4) is 0 Å². The summed E-state index contributed by atoms with van der Waals surface area (Å²) in [5.41, 5.74) is 2.60. The van der Waals surface area contributed by atoms with Crippen molar-refractivity contribution in [3.8, 4) is 5.69 Å². The van der Waals surface area contributed by atoms with Gasteiger partial charge in [0, 0.05) is 11.7 Å². The van der Waals surface area contributed by atoms with Crippen molar-refractivity contribution in [2.75, 3.05) is 5.32 Å². The van der Waals surface area contributed by atoms with Crippen LogP contribution >= 0.6 is 0 Å². The second-order valence-electron chi connectivity index (χ2n) is 6.22. The Morgan fingerprint density at radius 3 is 2.87 bits per heavy atom. The van der Waals surface area contributed by atoms with Gasteiger partial charge in [-0.2, -0.15) is 0 Å². The quantitative estimate of drug-likeness (QED) is 0.912. The Kier molecular flexibility index (Phi) is 4.55. The third-order valence-corrected chi connectivity index (χ3v) is 4.49. The molecule has 23 heavy (non-hydrogen) atoms. The van der Waals surface area contributed by atoms with Crippen LogP contribution in [-0.2, 0) is 0 Å². The van der Waals surface area contributed by atoms with E-state index >= 15 is 0 Å². The highest BCUT2D eigenvalue weighted by molar-refractivity contribution is 5.89. The summed E-state index contributed by atoms with van der Waals surface area (Å²) in [6.07, 6.45) is 6.21. The monoisotopic (exact) mass is 314 g/mol. The van der Waals surface area contributed by atoms with Crippen LogP contribution in [0.4, 0.5) is 10.5 Å². The van der Waals surface area contributed by atoms with E-state index in [1.165, 1.54) is 25.6 Å². The van der Waals surface area contributed by atoms with Gasteiger partial charge in [-0.1, -0.05) is 25.8 Å². The van der Waals surface area contributed by atoms with E-state index in [-0.39, 0.29) is 12.1 Å². The summed E-state index contributed by atoms with van der Waals surface area (Å²) in [5.74, 6) is 0.532. The smallest absolute Gasteiger partial charge is 0.319 e. The first-order valence-electron chi connectivity index (χ1n) is 8.05. The molecule has 1 aromatic heterocycles. The Hall–Kier alpha value is -2.44. The Morgan fingerprint density at radius 2 is 2.13 bits per heavy atom. The van der Waals surface area contributed by atoms with Gasteiger partial charge < -0.3 is 10.6 Å². The summed E-state index contributed by atoms with van der Waals surface area (Å²) < 4.78 is 1.58. The number of urea groups is 1. The first-order chi connectivity index (χ1) is 11.1. The summed E-state index contributed by atoms with van der Waals surface area (Å²) in [7, 11) is 0. The maximum atomic E-state index is 12.2. The average Bonchev–Trinajstić information content (AvgIpc) is 3.06. The van der Waals surface area contributed by atoms with Gasteiger partial charge in [0.15, 0.2) is 0 Å². The molecular weight excluding hydrogens is 292 g/mol. The van der Waals surface area contributed by atoms with Crippen LogP contribution in [0.2, 0.25) is 0 Å². The van der Waals surface area contributed by atoms with Crippen molar-refractivity contribution in [3.05, 3.63) is 30.1 Å². The summed E-state index contributed by atoms with van der Waals surface area (Å²) >= 11 is 0. The van der Waals surface area contributed by atoms with Gasteiger partial charge in [0.2, 0.25) is 0 Å². The minimum absolute atomic E-state index is 0.157. The minimum Gasteiger partial charge on any atom is -0.335 e. The van der Waals surface area contributed by atoms with Gasteiger partial charge in [-0.15, -0.1) is 5.10 Å². The second kappa shape index (κ2) is 6.76. The Bertz CT molecular complexity index is 669. The molecule has 1 aliphatic rings. The molecule has 1 saturated carbocycles. The molecule has 2 unspecified atom stereocenters. The standard InChI is InChI=1S/C16H22N6O/c1-11-5-3-4-6-14(11)19-16(23)18-13-8-7-12(2)15(9-13)22-10-17-20-21-22/h7-11,14H,3-6H2,1-2H3,(H2,18,19,23). The lowest BCUT2D eigenvalue weighted by Gasteiger charge is -2.29. The number of aromatic nitrogens is 4. The zero-order valence-electron chi connectivity index (χ0n) is 13.5. The van der Waals surface area contributed by atoms with Crippen LogP contribution in [0.15, 0.2) is 24.5 Å². The van der Waals surface area contributed by atoms with Gasteiger partial charge >= 0.3 is 6.03 Å². The summed E-state index contributed by atoms with van der Waals surface area (Å²) in [5, 5.41) is 17.2. The molecule has 1 aliphatic carbocycles. The molecule has 122 valence electrons. The number of carbonyl (C=O) groups excluding carboxylic acids is 1. The molecule has 2 aromatic rings. The van der Waals surface area contributed by atoms with Gasteiger partial charge in [-0.05, 0) is 53.8 Å². The van der Waals surface area contributed by atoms with Gasteiger partial charge in [0.05, 0.1) is 5.69 Å². The number of amides is 2. The third kappa shape index (κ3) is 3.67. The molecule has 2 atom stereocenters. The fourth-order valence-electron chi connectivity index (χ4n) is 3.07. The number of tetrazole rings is 1. The van der Waals surface area contributed by atoms with E-state index in [1.807, 2.05) is 25.1 Å². The summed E-state index contributed by atoms with van der Waals surface area (Å²) in [4.78, 5) is 12.2. The van der Waals surface area contributed by atoms with Crippen LogP contribution in [0.5, 0.6) is 0 Å². The molecule has 3 rings (SSSR count). The zero-order chi connectivity index (χ0) is 16.2. The first kappa shape index (κ1) is 15.5. The summed E-state index contributed by atoms with van der Waals surface area (Å²) in [6.45, 7) is 4.18. The number of nitrogens with one attached hydrogen (secondary N) is 2. The SMILES string of the molecule is Cc1ccc(NC(=O)NC2CCCCC2C)cc1-n1cnnn1. The van der Waals surface area contributed by atoms with E-state index in [4.69, 9.17) is 0 Å². The lowest BCUT2D eigenvalue weighted by molar-refractivity contribution is 0.232. The van der Waals surface area contributed by atoms with Crippen molar-refractivity contribution < 1.29 is 4.79 Å². The van der Waals surface area contributed by atoms with Gasteiger partial charge in [-0.25, -0.2) is 9.48 Å². The van der Waals surface area contributed by atoms with E-state index in [0.717, 1.165) is 23.4 Å². The van der Waals surface area contributed by atoms with Crippen LogP contribution in [0.1, 0.15) is 38.2 Å². The second-order valence-corrected chi connectivity index (χ2v) is 6.22. The normalized spacial score (nSPS) is 21.0. The molecule has 7 nitrogen and oxygen atoms in total. The topological polar surface area (TPSA) is 84.7 Å². The van der Waals surface area contributed by atoms with Crippen LogP contribution < -0.4 is 10.6 Å². The molecule has 1 fully saturated rings. The number of aryl methyl sites for hydroxylation is 1. The van der Waals surface area contributed by atoms with Crippen molar-refractivity contribution in [2.24, 2.45) is 5.92 Å². The molecular formula is C16H22N6O. The van der Waals surface area contributed by atoms with E-state index in [2.05, 4.69) is 33.1 Å². The van der Waals surface area contributed by atoms with Gasteiger partial charge in [-0.3, -0.25) is 0 Å². The number of anilines is 1. The lowest BCUT2D eigenvalue weighted by atomic mass is 9.86. The maximum Gasteiger partial charge on any atom is 0.319 e. The molecule has 2 N–H and O–H groups in total. The highest BCUT2D eigenvalue weighted by Gasteiger charge is 2.22. The highest BCUT2D eigenvalue weighted by Crippen LogP contribution is 2.24. The largest absolute Gasteiger partial charge is 0.335 e. The van der Waals surface area contributed by atoms with E-state index in [9.17, 15) is 4.79 Å². The molecule has 0 radical (unpaired) electrons. The average molecular weight is 314 g/mol. The third-order valence-electron chi connectivity index (χ3n) is 4.49. The number of carbonyl (C=O) groups is 1. The Balaban J connectivity index is 1.68. The molecule has 1 aromatic carbocycles. The van der Waals surface area contributed by atoms with Crippen LogP contribution in [0, 0.1) is 12.8 Å². The molecule has 7 heteroatoms. The van der Waals surface area contributed by atoms with Crippen LogP contribution in [-0.4, -0.2) is 32.3 Å². The molecule has 1 heterocycles. The maximum absolute atomic E-state index is 12.2. The van der Waals surface area contributed by atoms with Crippen molar-refractivity contribution in [3.63, 3.8) is 0 Å². The van der Waals surface area contributed by atoms with Crippen molar-refractivity contribution in [1.82, 2.24) is 25.5 Å². The molecule has 0 spiro atoms. The summed E-state index contributed by atoms with van der Waals surface area (Å²) in [6, 6.07) is 5.79. The minimum atomic E-state index is -0.157. The number of nitrogens with zero attached hydrogens (tertiary/aromatic N) is 4. The number of hydrogen-bond acceptors (Lipinski definition) is 4. The molecule has 0 saturated heterocycles. The van der Waals surface area contributed by atoms with Crippen molar-refractivity contribution in [1.29, 1.82) is 0 Å². The predicted molar refractivity (Wildman–Crippen MR) is 87.5 cm³/mol. The van der Waals surface area contributed by atoms with E-state index < -0.39 is 0 Å². The number of benzene rings is 1. The number of hydrogen-bond donors (Lipinski definition) is 2. The molecule has 0 aliphatic heterocycles. The zero-order valence-corrected chi connectivity index (χ0v) is 13.5. The first-order valence-corrected chi connectivity index (χ1v) is 8.05. The van der Waals surface area contributed by atoms with Crippen molar-refractivity contribution in [2.45, 2.75) is 45.6 Å². The molecule has 2 amide bonds.